The van der Waals surface area contributed by atoms with Gasteiger partial charge in [-0.3, -0.25) is 4.68 Å². The van der Waals surface area contributed by atoms with Crippen LogP contribution in [0.1, 0.15) is 18.3 Å². The van der Waals surface area contributed by atoms with E-state index in [0.717, 1.165) is 17.8 Å². The molecule has 0 spiro atoms. The summed E-state index contributed by atoms with van der Waals surface area (Å²) in [4.78, 5) is 0. The van der Waals surface area contributed by atoms with E-state index in [1.165, 1.54) is 5.69 Å². The highest BCUT2D eigenvalue weighted by Gasteiger charge is 1.99. The molecule has 0 atom stereocenters. The fraction of sp³-hybridized carbons (Fsp3) is 0.444. The second-order valence-electron chi connectivity index (χ2n) is 3.04. The summed E-state index contributed by atoms with van der Waals surface area (Å²) in [6, 6.07) is 2.06. The minimum Gasteiger partial charge on any atom is -0.265 e. The van der Waals surface area contributed by atoms with Gasteiger partial charge in [0.15, 0.2) is 0 Å². The highest BCUT2D eigenvalue weighted by atomic mass is 35.5. The molecule has 0 unspecified atom stereocenters. The topological polar surface area (TPSA) is 17.8 Å². The van der Waals surface area contributed by atoms with E-state index in [1.54, 1.807) is 5.54 Å². The van der Waals surface area contributed by atoms with Crippen molar-refractivity contribution in [3.8, 4) is 0 Å². The highest BCUT2D eigenvalue weighted by Crippen LogP contribution is 2.05. The SMILES string of the molecule is C/C(=C/Cl)Cn1nc(C)cc1C. The van der Waals surface area contributed by atoms with Gasteiger partial charge in [-0.2, -0.15) is 5.10 Å². The van der Waals surface area contributed by atoms with Gasteiger partial charge in [-0.25, -0.2) is 0 Å². The summed E-state index contributed by atoms with van der Waals surface area (Å²) in [6.07, 6.45) is 0. The third-order valence-electron chi connectivity index (χ3n) is 1.69. The monoisotopic (exact) mass is 184 g/mol. The Morgan fingerprint density at radius 2 is 2.33 bits per heavy atom. The molecule has 0 N–H and O–H groups in total. The van der Waals surface area contributed by atoms with E-state index >= 15 is 0 Å². The van der Waals surface area contributed by atoms with Gasteiger partial charge >= 0.3 is 0 Å². The zero-order valence-corrected chi connectivity index (χ0v) is 8.39. The fourth-order valence-electron chi connectivity index (χ4n) is 1.11. The van der Waals surface area contributed by atoms with Crippen LogP contribution in [-0.4, -0.2) is 9.78 Å². The second kappa shape index (κ2) is 3.76. The van der Waals surface area contributed by atoms with Crippen LogP contribution in [0.2, 0.25) is 0 Å². The highest BCUT2D eigenvalue weighted by molar-refractivity contribution is 6.25. The average molecular weight is 185 g/mol. The molecule has 1 rings (SSSR count). The summed E-state index contributed by atoms with van der Waals surface area (Å²) < 4.78 is 1.95. The second-order valence-corrected chi connectivity index (χ2v) is 3.26. The molecule has 66 valence electrons. The van der Waals surface area contributed by atoms with Crippen molar-refractivity contribution in [1.29, 1.82) is 0 Å². The molecular weight excluding hydrogens is 172 g/mol. The maximum absolute atomic E-state index is 5.56. The first kappa shape index (κ1) is 9.33. The summed E-state index contributed by atoms with van der Waals surface area (Å²) in [6.45, 7) is 6.80. The van der Waals surface area contributed by atoms with E-state index in [4.69, 9.17) is 11.6 Å². The lowest BCUT2D eigenvalue weighted by molar-refractivity contribution is 0.651. The molecular formula is C9H13ClN2. The van der Waals surface area contributed by atoms with Crippen molar-refractivity contribution >= 4 is 11.6 Å². The van der Waals surface area contributed by atoms with E-state index in [9.17, 15) is 0 Å². The molecule has 0 aliphatic rings. The molecule has 0 radical (unpaired) electrons. The minimum atomic E-state index is 0.781. The van der Waals surface area contributed by atoms with Gasteiger partial charge in [0.05, 0.1) is 12.2 Å². The Morgan fingerprint density at radius 1 is 1.67 bits per heavy atom. The van der Waals surface area contributed by atoms with Crippen molar-refractivity contribution in [3.63, 3.8) is 0 Å². The van der Waals surface area contributed by atoms with E-state index in [2.05, 4.69) is 11.2 Å². The number of nitrogens with zero attached hydrogens (tertiary/aromatic N) is 2. The van der Waals surface area contributed by atoms with Gasteiger partial charge in [0.2, 0.25) is 0 Å². The van der Waals surface area contributed by atoms with E-state index < -0.39 is 0 Å². The van der Waals surface area contributed by atoms with Gasteiger partial charge in [-0.05, 0) is 32.4 Å². The average Bonchev–Trinajstić information content (AvgIpc) is 2.30. The van der Waals surface area contributed by atoms with Crippen LogP contribution in [-0.2, 0) is 6.54 Å². The number of allylic oxidation sites excluding steroid dienone is 1. The van der Waals surface area contributed by atoms with Crippen LogP contribution < -0.4 is 0 Å². The lowest BCUT2D eigenvalue weighted by Gasteiger charge is -2.02. The molecule has 0 amide bonds. The standard InChI is InChI=1S/C9H13ClN2/c1-7(5-10)6-12-9(3)4-8(2)11-12/h4-5H,6H2,1-3H3/b7-5-. The normalized spacial score (nSPS) is 12.2. The van der Waals surface area contributed by atoms with Crippen LogP contribution in [0.3, 0.4) is 0 Å². The van der Waals surface area contributed by atoms with Gasteiger partial charge in [0, 0.05) is 11.2 Å². The van der Waals surface area contributed by atoms with Gasteiger partial charge in [0.1, 0.15) is 0 Å². The molecule has 0 bridgehead atoms. The number of rotatable bonds is 2. The Bertz CT molecular complexity index is 299. The van der Waals surface area contributed by atoms with Crippen molar-refractivity contribution in [2.45, 2.75) is 27.3 Å². The zero-order valence-electron chi connectivity index (χ0n) is 7.63. The van der Waals surface area contributed by atoms with Crippen molar-refractivity contribution < 1.29 is 0 Å². The smallest absolute Gasteiger partial charge is 0.0631 e. The molecule has 3 heteroatoms. The molecule has 12 heavy (non-hydrogen) atoms. The van der Waals surface area contributed by atoms with Gasteiger partial charge < -0.3 is 0 Å². The number of aryl methyl sites for hydroxylation is 2. The summed E-state index contributed by atoms with van der Waals surface area (Å²) >= 11 is 5.56. The maximum atomic E-state index is 5.56. The third kappa shape index (κ3) is 2.11. The number of aromatic nitrogens is 2. The van der Waals surface area contributed by atoms with Gasteiger partial charge in [0.25, 0.3) is 0 Å². The Morgan fingerprint density at radius 3 is 2.75 bits per heavy atom. The van der Waals surface area contributed by atoms with E-state index in [1.807, 2.05) is 25.5 Å². The Hall–Kier alpha value is -0.760. The number of halogens is 1. The Labute approximate surface area is 77.8 Å². The Kier molecular flexibility index (Phi) is 2.93. The van der Waals surface area contributed by atoms with Gasteiger partial charge in [-0.15, -0.1) is 0 Å². The van der Waals surface area contributed by atoms with Gasteiger partial charge in [-0.1, -0.05) is 11.6 Å². The van der Waals surface area contributed by atoms with Crippen LogP contribution in [0.15, 0.2) is 17.2 Å². The molecule has 0 saturated carbocycles. The molecule has 0 aromatic carbocycles. The largest absolute Gasteiger partial charge is 0.265 e. The van der Waals surface area contributed by atoms with Crippen molar-refractivity contribution in [3.05, 3.63) is 28.6 Å². The molecule has 2 nitrogen and oxygen atoms in total. The number of hydrogen-bond acceptors (Lipinski definition) is 1. The molecule has 1 heterocycles. The van der Waals surface area contributed by atoms with Crippen LogP contribution in [0.4, 0.5) is 0 Å². The van der Waals surface area contributed by atoms with Crippen LogP contribution in [0.5, 0.6) is 0 Å². The van der Waals surface area contributed by atoms with Crippen molar-refractivity contribution in [1.82, 2.24) is 9.78 Å². The van der Waals surface area contributed by atoms with Crippen LogP contribution in [0.25, 0.3) is 0 Å². The molecule has 0 fully saturated rings. The van der Waals surface area contributed by atoms with E-state index in [0.29, 0.717) is 0 Å². The molecule has 0 aliphatic carbocycles. The number of hydrogen-bond donors (Lipinski definition) is 0. The zero-order chi connectivity index (χ0) is 9.14. The molecule has 0 aliphatic heterocycles. The first-order valence-corrected chi connectivity index (χ1v) is 4.34. The first-order valence-electron chi connectivity index (χ1n) is 3.90. The van der Waals surface area contributed by atoms with Crippen molar-refractivity contribution in [2.75, 3.05) is 0 Å². The lowest BCUT2D eigenvalue weighted by Crippen LogP contribution is -2.02. The predicted molar refractivity (Wildman–Crippen MR) is 51.3 cm³/mol. The third-order valence-corrected chi connectivity index (χ3v) is 2.06. The first-order chi connectivity index (χ1) is 5.63. The molecule has 0 saturated heterocycles. The lowest BCUT2D eigenvalue weighted by atomic mass is 10.3. The fourth-order valence-corrected chi connectivity index (χ4v) is 1.17. The molecule has 1 aromatic heterocycles. The summed E-state index contributed by atoms with van der Waals surface area (Å²) in [5.74, 6) is 0. The Balaban J connectivity index is 2.82. The molecule has 1 aromatic rings. The summed E-state index contributed by atoms with van der Waals surface area (Å²) in [5, 5.41) is 4.32. The maximum Gasteiger partial charge on any atom is 0.0631 e. The van der Waals surface area contributed by atoms with Crippen LogP contribution >= 0.6 is 11.6 Å². The quantitative estimate of drug-likeness (QED) is 0.691. The minimum absolute atomic E-state index is 0.781. The van der Waals surface area contributed by atoms with Crippen molar-refractivity contribution in [2.24, 2.45) is 0 Å². The summed E-state index contributed by atoms with van der Waals surface area (Å²) in [7, 11) is 0. The van der Waals surface area contributed by atoms with Crippen LogP contribution in [0, 0.1) is 13.8 Å². The predicted octanol–water partition coefficient (Wildman–Crippen LogP) is 2.64. The summed E-state index contributed by atoms with van der Waals surface area (Å²) in [5.41, 5.74) is 4.93. The van der Waals surface area contributed by atoms with E-state index in [-0.39, 0.29) is 0 Å².